The van der Waals surface area contributed by atoms with Crippen LogP contribution in [0.4, 0.5) is 5.69 Å². The average Bonchev–Trinajstić information content (AvgIpc) is 2.97. The minimum atomic E-state index is 0.124. The number of imidazole rings is 1. The molecule has 0 bridgehead atoms. The lowest BCUT2D eigenvalue weighted by atomic mass is 10.1. The SMILES string of the molecule is CC(c1ccc(Cl)cc1)n1cncc1-c1cnccc1N. The summed E-state index contributed by atoms with van der Waals surface area (Å²) in [4.78, 5) is 8.41. The third kappa shape index (κ3) is 2.62. The van der Waals surface area contributed by atoms with E-state index in [9.17, 15) is 0 Å². The van der Waals surface area contributed by atoms with Gasteiger partial charge < -0.3 is 10.3 Å². The topological polar surface area (TPSA) is 56.7 Å². The van der Waals surface area contributed by atoms with Crippen molar-refractivity contribution in [2.75, 3.05) is 5.73 Å². The van der Waals surface area contributed by atoms with E-state index < -0.39 is 0 Å². The van der Waals surface area contributed by atoms with Gasteiger partial charge in [-0.25, -0.2) is 4.98 Å². The lowest BCUT2D eigenvalue weighted by molar-refractivity contribution is 0.644. The van der Waals surface area contributed by atoms with E-state index in [-0.39, 0.29) is 6.04 Å². The van der Waals surface area contributed by atoms with Crippen LogP contribution in [0, 0.1) is 0 Å². The fourth-order valence-corrected chi connectivity index (χ4v) is 2.47. The first kappa shape index (κ1) is 13.6. The van der Waals surface area contributed by atoms with E-state index in [1.54, 1.807) is 31.0 Å². The van der Waals surface area contributed by atoms with Crippen LogP contribution in [0.2, 0.25) is 5.02 Å². The predicted molar refractivity (Wildman–Crippen MR) is 85.1 cm³/mol. The van der Waals surface area contributed by atoms with E-state index in [0.717, 1.165) is 21.8 Å². The van der Waals surface area contributed by atoms with Gasteiger partial charge in [-0.05, 0) is 30.7 Å². The molecule has 21 heavy (non-hydrogen) atoms. The molecular weight excluding hydrogens is 284 g/mol. The summed E-state index contributed by atoms with van der Waals surface area (Å²) in [6, 6.07) is 9.73. The Morgan fingerprint density at radius 1 is 1.10 bits per heavy atom. The van der Waals surface area contributed by atoms with Crippen molar-refractivity contribution < 1.29 is 0 Å². The number of aromatic nitrogens is 3. The lowest BCUT2D eigenvalue weighted by Gasteiger charge is -2.17. The molecular formula is C16H15ClN4. The van der Waals surface area contributed by atoms with Gasteiger partial charge in [0.1, 0.15) is 0 Å². The Bertz CT molecular complexity index is 749. The van der Waals surface area contributed by atoms with Crippen molar-refractivity contribution in [2.45, 2.75) is 13.0 Å². The van der Waals surface area contributed by atoms with Crippen LogP contribution < -0.4 is 5.73 Å². The van der Waals surface area contributed by atoms with Crippen LogP contribution >= 0.6 is 11.6 Å². The maximum Gasteiger partial charge on any atom is 0.0956 e. The molecule has 0 saturated carbocycles. The highest BCUT2D eigenvalue weighted by molar-refractivity contribution is 6.30. The second-order valence-electron chi connectivity index (χ2n) is 4.88. The van der Waals surface area contributed by atoms with E-state index in [2.05, 4.69) is 21.5 Å². The quantitative estimate of drug-likeness (QED) is 0.800. The van der Waals surface area contributed by atoms with Crippen LogP contribution in [0.3, 0.4) is 0 Å². The highest BCUT2D eigenvalue weighted by atomic mass is 35.5. The minimum absolute atomic E-state index is 0.124. The van der Waals surface area contributed by atoms with E-state index in [0.29, 0.717) is 5.69 Å². The third-order valence-corrected chi connectivity index (χ3v) is 3.82. The first-order chi connectivity index (χ1) is 10.2. The molecule has 0 saturated heterocycles. The zero-order valence-electron chi connectivity index (χ0n) is 11.6. The second-order valence-corrected chi connectivity index (χ2v) is 5.31. The Hall–Kier alpha value is -2.33. The molecule has 0 fully saturated rings. The molecule has 5 heteroatoms. The zero-order valence-corrected chi connectivity index (χ0v) is 12.3. The number of hydrogen-bond donors (Lipinski definition) is 1. The summed E-state index contributed by atoms with van der Waals surface area (Å²) in [5, 5.41) is 0.730. The van der Waals surface area contributed by atoms with Gasteiger partial charge in [-0.2, -0.15) is 0 Å². The molecule has 1 aromatic carbocycles. The number of nitrogens with two attached hydrogens (primary N) is 1. The van der Waals surface area contributed by atoms with Gasteiger partial charge in [-0.1, -0.05) is 23.7 Å². The highest BCUT2D eigenvalue weighted by Gasteiger charge is 2.14. The molecule has 3 rings (SSSR count). The molecule has 0 aliphatic heterocycles. The van der Waals surface area contributed by atoms with Gasteiger partial charge in [0.15, 0.2) is 0 Å². The summed E-state index contributed by atoms with van der Waals surface area (Å²) >= 11 is 5.95. The van der Waals surface area contributed by atoms with Crippen LogP contribution in [0.25, 0.3) is 11.3 Å². The Balaban J connectivity index is 2.03. The smallest absolute Gasteiger partial charge is 0.0956 e. The maximum atomic E-state index is 6.04. The van der Waals surface area contributed by atoms with Crippen LogP contribution in [0.15, 0.2) is 55.2 Å². The lowest BCUT2D eigenvalue weighted by Crippen LogP contribution is -2.07. The Kier molecular flexibility index (Phi) is 3.62. The first-order valence-electron chi connectivity index (χ1n) is 6.64. The molecule has 1 atom stereocenters. The van der Waals surface area contributed by atoms with E-state index in [4.69, 9.17) is 17.3 Å². The molecule has 0 aliphatic carbocycles. The summed E-state index contributed by atoms with van der Waals surface area (Å²) in [7, 11) is 0. The van der Waals surface area contributed by atoms with Gasteiger partial charge in [0.2, 0.25) is 0 Å². The Labute approximate surface area is 128 Å². The average molecular weight is 299 g/mol. The molecule has 2 heterocycles. The molecule has 2 aromatic heterocycles. The third-order valence-electron chi connectivity index (χ3n) is 3.57. The summed E-state index contributed by atoms with van der Waals surface area (Å²) in [5.74, 6) is 0. The van der Waals surface area contributed by atoms with Crippen molar-refractivity contribution in [3.05, 3.63) is 65.8 Å². The number of benzene rings is 1. The number of halogens is 1. The Morgan fingerprint density at radius 3 is 2.57 bits per heavy atom. The van der Waals surface area contributed by atoms with Gasteiger partial charge in [0.25, 0.3) is 0 Å². The van der Waals surface area contributed by atoms with Gasteiger partial charge in [0.05, 0.1) is 24.3 Å². The van der Waals surface area contributed by atoms with Crippen molar-refractivity contribution in [3.8, 4) is 11.3 Å². The van der Waals surface area contributed by atoms with Crippen molar-refractivity contribution in [2.24, 2.45) is 0 Å². The van der Waals surface area contributed by atoms with Gasteiger partial charge in [-0.3, -0.25) is 4.98 Å². The van der Waals surface area contributed by atoms with Crippen LogP contribution in [-0.4, -0.2) is 14.5 Å². The number of anilines is 1. The largest absolute Gasteiger partial charge is 0.398 e. The molecule has 3 aromatic rings. The fraction of sp³-hybridized carbons (Fsp3) is 0.125. The van der Waals surface area contributed by atoms with E-state index in [1.165, 1.54) is 0 Å². The van der Waals surface area contributed by atoms with Crippen molar-refractivity contribution in [1.29, 1.82) is 0 Å². The summed E-state index contributed by atoms with van der Waals surface area (Å²) < 4.78 is 2.08. The van der Waals surface area contributed by atoms with Crippen molar-refractivity contribution in [1.82, 2.24) is 14.5 Å². The number of rotatable bonds is 3. The summed E-state index contributed by atoms with van der Waals surface area (Å²) in [6.45, 7) is 2.11. The standard InChI is InChI=1S/C16H15ClN4/c1-11(12-2-4-13(17)5-3-12)21-10-20-9-16(21)14-8-19-7-6-15(14)18/h2-11H,1H3,(H2,18,19). The maximum absolute atomic E-state index is 6.04. The molecule has 1 unspecified atom stereocenters. The van der Waals surface area contributed by atoms with Crippen molar-refractivity contribution >= 4 is 17.3 Å². The van der Waals surface area contributed by atoms with Crippen LogP contribution in [0.5, 0.6) is 0 Å². The normalized spacial score (nSPS) is 12.3. The predicted octanol–water partition coefficient (Wildman–Crippen LogP) is 3.79. The Morgan fingerprint density at radius 2 is 1.86 bits per heavy atom. The van der Waals surface area contributed by atoms with E-state index >= 15 is 0 Å². The first-order valence-corrected chi connectivity index (χ1v) is 7.02. The molecule has 2 N–H and O–H groups in total. The van der Waals surface area contributed by atoms with E-state index in [1.807, 2.05) is 24.3 Å². The zero-order chi connectivity index (χ0) is 14.8. The van der Waals surface area contributed by atoms with Gasteiger partial charge >= 0.3 is 0 Å². The summed E-state index contributed by atoms with van der Waals surface area (Å²) in [5.41, 5.74) is 9.72. The monoisotopic (exact) mass is 298 g/mol. The molecule has 0 spiro atoms. The molecule has 0 amide bonds. The van der Waals surface area contributed by atoms with Crippen LogP contribution in [0.1, 0.15) is 18.5 Å². The second kappa shape index (κ2) is 5.58. The fourth-order valence-electron chi connectivity index (χ4n) is 2.34. The molecule has 0 radical (unpaired) electrons. The van der Waals surface area contributed by atoms with Gasteiger partial charge in [-0.15, -0.1) is 0 Å². The molecule has 4 nitrogen and oxygen atoms in total. The van der Waals surface area contributed by atoms with Gasteiger partial charge in [0, 0.05) is 28.7 Å². The minimum Gasteiger partial charge on any atom is -0.398 e. The summed E-state index contributed by atoms with van der Waals surface area (Å²) in [6.07, 6.45) is 7.06. The number of nitrogen functional groups attached to an aromatic ring is 1. The molecule has 0 aliphatic rings. The number of pyridine rings is 1. The van der Waals surface area contributed by atoms with Crippen LogP contribution in [-0.2, 0) is 0 Å². The number of hydrogen-bond acceptors (Lipinski definition) is 3. The van der Waals surface area contributed by atoms with Crippen molar-refractivity contribution in [3.63, 3.8) is 0 Å². The number of nitrogens with zero attached hydrogens (tertiary/aromatic N) is 3. The highest BCUT2D eigenvalue weighted by Crippen LogP contribution is 2.29. The molecule has 106 valence electrons.